The lowest BCUT2D eigenvalue weighted by atomic mass is 10.0. The van der Waals surface area contributed by atoms with Gasteiger partial charge in [0.2, 0.25) is 0 Å². The van der Waals surface area contributed by atoms with E-state index in [-0.39, 0.29) is 0 Å². The van der Waals surface area contributed by atoms with Crippen molar-refractivity contribution < 1.29 is 0 Å². The van der Waals surface area contributed by atoms with Gasteiger partial charge in [-0.1, -0.05) is 6.07 Å². The number of rotatable bonds is 3. The van der Waals surface area contributed by atoms with Crippen molar-refractivity contribution in [3.05, 3.63) is 137 Å². The van der Waals surface area contributed by atoms with Crippen LogP contribution in [0.1, 0.15) is 27.8 Å². The van der Waals surface area contributed by atoms with Gasteiger partial charge in [0.05, 0.1) is 80.0 Å². The Morgan fingerprint density at radius 1 is 0.438 bits per heavy atom. The highest BCUT2D eigenvalue weighted by Gasteiger charge is 2.23. The molecule has 0 radical (unpaired) electrons. The van der Waals surface area contributed by atoms with Crippen molar-refractivity contribution in [3.63, 3.8) is 0 Å². The zero-order chi connectivity index (χ0) is 32.9. The van der Waals surface area contributed by atoms with Crippen LogP contribution < -0.4 is 0 Å². The molecule has 0 bridgehead atoms. The van der Waals surface area contributed by atoms with E-state index in [1.54, 1.807) is 60.9 Å². The average Bonchev–Trinajstić information content (AvgIpc) is 3.65. The predicted molar refractivity (Wildman–Crippen MR) is 182 cm³/mol. The quantitative estimate of drug-likeness (QED) is 0.197. The third kappa shape index (κ3) is 4.08. The number of nitriles is 5. The van der Waals surface area contributed by atoms with Crippen LogP contribution in [0.4, 0.5) is 0 Å². The van der Waals surface area contributed by atoms with E-state index in [4.69, 9.17) is 0 Å². The van der Waals surface area contributed by atoms with Gasteiger partial charge in [-0.25, -0.2) is 0 Å². The molecule has 8 aromatic rings. The molecule has 0 aliphatic rings. The van der Waals surface area contributed by atoms with Crippen LogP contribution in [0.5, 0.6) is 0 Å². The molecule has 0 aliphatic heterocycles. The summed E-state index contributed by atoms with van der Waals surface area (Å²) in [7, 11) is 0. The predicted octanol–water partition coefficient (Wildman–Crippen LogP) is 8.30. The van der Waals surface area contributed by atoms with E-state index in [1.807, 2.05) is 57.7 Å². The molecule has 48 heavy (non-hydrogen) atoms. The van der Waals surface area contributed by atoms with Crippen molar-refractivity contribution in [3.8, 4) is 52.8 Å². The number of aromatic nitrogens is 3. The first-order valence-corrected chi connectivity index (χ1v) is 14.8. The molecule has 0 saturated heterocycles. The van der Waals surface area contributed by atoms with Crippen molar-refractivity contribution in [1.29, 1.82) is 26.3 Å². The minimum atomic E-state index is 0.377. The Balaban J connectivity index is 1.56. The van der Waals surface area contributed by atoms with Crippen LogP contribution >= 0.6 is 0 Å². The molecule has 0 saturated carbocycles. The fourth-order valence-corrected chi connectivity index (χ4v) is 6.62. The number of hydrogen-bond acceptors (Lipinski definition) is 6. The molecule has 8 nitrogen and oxygen atoms in total. The van der Waals surface area contributed by atoms with Gasteiger partial charge < -0.3 is 9.13 Å². The summed E-state index contributed by atoms with van der Waals surface area (Å²) in [5, 5.41) is 53.0. The molecular weight excluding hydrogens is 592 g/mol. The fourth-order valence-electron chi connectivity index (χ4n) is 6.62. The van der Waals surface area contributed by atoms with Gasteiger partial charge in [-0.15, -0.1) is 0 Å². The second-order valence-electron chi connectivity index (χ2n) is 11.3. The van der Waals surface area contributed by atoms with Crippen molar-refractivity contribution >= 4 is 43.6 Å². The van der Waals surface area contributed by atoms with Gasteiger partial charge in [-0.2, -0.15) is 26.3 Å². The Morgan fingerprint density at radius 3 is 1.15 bits per heavy atom. The van der Waals surface area contributed by atoms with E-state index in [1.165, 1.54) is 0 Å². The van der Waals surface area contributed by atoms with Crippen molar-refractivity contribution in [2.24, 2.45) is 0 Å². The smallest absolute Gasteiger partial charge is 0.104 e. The van der Waals surface area contributed by atoms with Crippen molar-refractivity contribution in [2.75, 3.05) is 0 Å². The van der Waals surface area contributed by atoms with Crippen LogP contribution in [-0.2, 0) is 0 Å². The van der Waals surface area contributed by atoms with Gasteiger partial charge in [0.15, 0.2) is 0 Å². The van der Waals surface area contributed by atoms with Crippen LogP contribution in [0, 0.1) is 56.7 Å². The van der Waals surface area contributed by atoms with Crippen LogP contribution in [0.15, 0.2) is 109 Å². The van der Waals surface area contributed by atoms with Crippen LogP contribution in [0.3, 0.4) is 0 Å². The lowest BCUT2D eigenvalue weighted by Crippen LogP contribution is -2.05. The Morgan fingerprint density at radius 2 is 0.833 bits per heavy atom. The van der Waals surface area contributed by atoms with E-state index in [0.717, 1.165) is 54.7 Å². The highest BCUT2D eigenvalue weighted by Crippen LogP contribution is 2.40. The highest BCUT2D eigenvalue weighted by molar-refractivity contribution is 6.12. The highest BCUT2D eigenvalue weighted by atomic mass is 15.0. The summed E-state index contributed by atoms with van der Waals surface area (Å²) >= 11 is 0. The summed E-state index contributed by atoms with van der Waals surface area (Å²) < 4.78 is 4.01. The SMILES string of the molecule is N#Cc1ccc2c(c1)c1cc(C#N)ccc1n2-c1cc(-c2cccnc2)cc(-n2c3ccc(C#N)cc3c3cc(C#N)ccc32)c1C#N. The molecular formula is C40H18N8. The van der Waals surface area contributed by atoms with E-state index in [2.05, 4.69) is 35.3 Å². The average molecular weight is 611 g/mol. The number of fused-ring (bicyclic) bond motifs is 6. The van der Waals surface area contributed by atoms with Gasteiger partial charge in [0, 0.05) is 39.5 Å². The Labute approximate surface area is 273 Å². The molecule has 0 aliphatic carbocycles. The molecule has 5 aromatic carbocycles. The second-order valence-corrected chi connectivity index (χ2v) is 11.3. The Hall–Kier alpha value is -7.70. The van der Waals surface area contributed by atoms with E-state index in [9.17, 15) is 26.3 Å². The summed E-state index contributed by atoms with van der Waals surface area (Å²) in [6.07, 6.45) is 3.47. The standard InChI is InChI=1S/C40H18N8/c41-18-24-3-7-35-30(12-24)31-13-25(19-42)4-8-36(31)47(35)39-16-29(28-2-1-11-46-23-28)17-40(34(39)22-45)48-37-9-5-26(20-43)14-32(37)33-15-27(21-44)6-10-38(33)48/h1-17,23H. The summed E-state index contributed by atoms with van der Waals surface area (Å²) in [6, 6.07) is 40.8. The zero-order valence-corrected chi connectivity index (χ0v) is 25.0. The van der Waals surface area contributed by atoms with E-state index >= 15 is 0 Å². The number of nitrogens with zero attached hydrogens (tertiary/aromatic N) is 8. The maximum atomic E-state index is 11.0. The molecule has 0 N–H and O–H groups in total. The lowest BCUT2D eigenvalue weighted by molar-refractivity contribution is 1.12. The molecule has 0 atom stereocenters. The van der Waals surface area contributed by atoms with Crippen molar-refractivity contribution in [1.82, 2.24) is 14.1 Å². The molecule has 8 rings (SSSR count). The van der Waals surface area contributed by atoms with Gasteiger partial charge in [-0.05, 0) is 96.6 Å². The topological polar surface area (TPSA) is 142 Å². The Kier molecular flexibility index (Phi) is 6.22. The lowest BCUT2D eigenvalue weighted by Gasteiger charge is -2.18. The maximum Gasteiger partial charge on any atom is 0.104 e. The van der Waals surface area contributed by atoms with E-state index in [0.29, 0.717) is 39.2 Å². The minimum Gasteiger partial charge on any atom is -0.308 e. The molecule has 0 fully saturated rings. The molecule has 8 heteroatoms. The van der Waals surface area contributed by atoms with Gasteiger partial charge in [0.25, 0.3) is 0 Å². The molecule has 0 amide bonds. The van der Waals surface area contributed by atoms with Crippen LogP contribution in [-0.4, -0.2) is 14.1 Å². The number of hydrogen-bond donors (Lipinski definition) is 0. The third-order valence-electron chi connectivity index (χ3n) is 8.73. The first-order valence-electron chi connectivity index (χ1n) is 14.8. The number of benzene rings is 5. The largest absolute Gasteiger partial charge is 0.308 e. The van der Waals surface area contributed by atoms with Crippen LogP contribution in [0.2, 0.25) is 0 Å². The third-order valence-corrected chi connectivity index (χ3v) is 8.73. The minimum absolute atomic E-state index is 0.377. The summed E-state index contributed by atoms with van der Waals surface area (Å²) in [4.78, 5) is 4.36. The van der Waals surface area contributed by atoms with E-state index < -0.39 is 0 Å². The summed E-state index contributed by atoms with van der Waals surface area (Å²) in [5.74, 6) is 0. The Bertz CT molecular complexity index is 2580. The first-order chi connectivity index (χ1) is 23.6. The molecule has 3 aromatic heterocycles. The van der Waals surface area contributed by atoms with Gasteiger partial charge in [-0.3, -0.25) is 4.98 Å². The van der Waals surface area contributed by atoms with Gasteiger partial charge in [0.1, 0.15) is 11.6 Å². The summed E-state index contributed by atoms with van der Waals surface area (Å²) in [5.41, 5.74) is 8.21. The fraction of sp³-hybridized carbons (Fsp3) is 0. The van der Waals surface area contributed by atoms with Crippen molar-refractivity contribution in [2.45, 2.75) is 0 Å². The monoisotopic (exact) mass is 610 g/mol. The summed E-state index contributed by atoms with van der Waals surface area (Å²) in [6.45, 7) is 0. The van der Waals surface area contributed by atoms with Gasteiger partial charge >= 0.3 is 0 Å². The molecule has 0 unspecified atom stereocenters. The number of pyridine rings is 1. The second kappa shape index (κ2) is 10.7. The first kappa shape index (κ1) is 27.8. The molecule has 3 heterocycles. The molecule has 218 valence electrons. The normalized spacial score (nSPS) is 10.8. The zero-order valence-electron chi connectivity index (χ0n) is 25.0. The molecule has 0 spiro atoms. The maximum absolute atomic E-state index is 11.0. The van der Waals surface area contributed by atoms with Crippen LogP contribution in [0.25, 0.3) is 66.1 Å².